The number of para-hydroxylation sites is 2. The van der Waals surface area contributed by atoms with Gasteiger partial charge in [-0.2, -0.15) is 0 Å². The molecule has 0 unspecified atom stereocenters. The summed E-state index contributed by atoms with van der Waals surface area (Å²) in [6, 6.07) is 30.2. The predicted octanol–water partition coefficient (Wildman–Crippen LogP) is 5.11. The van der Waals surface area contributed by atoms with Crippen LogP contribution in [0.5, 0.6) is 0 Å². The Morgan fingerprint density at radius 3 is 2.00 bits per heavy atom. The van der Waals surface area contributed by atoms with Gasteiger partial charge in [0.05, 0.1) is 0 Å². The third-order valence-corrected chi connectivity index (χ3v) is 8.13. The molecule has 1 aliphatic rings. The fraction of sp³-hybridized carbons (Fsp3) is 0.231. The maximum absolute atomic E-state index is 12.7. The van der Waals surface area contributed by atoms with E-state index in [1.165, 1.54) is 17.1 Å². The molecule has 0 heterocycles. The van der Waals surface area contributed by atoms with Crippen LogP contribution in [0, 0.1) is 0 Å². The molecule has 3 aromatic carbocycles. The van der Waals surface area contributed by atoms with E-state index in [4.69, 9.17) is 4.74 Å². The van der Waals surface area contributed by atoms with Gasteiger partial charge in [-0.15, -0.1) is 0 Å². The number of nitrogens with zero attached hydrogens (tertiary/aromatic N) is 2. The summed E-state index contributed by atoms with van der Waals surface area (Å²) in [7, 11) is 0. The fourth-order valence-corrected chi connectivity index (χ4v) is 6.42. The first-order valence-corrected chi connectivity index (χ1v) is 12.5. The van der Waals surface area contributed by atoms with Crippen molar-refractivity contribution in [1.29, 1.82) is 0 Å². The molecular formula is C26H26N2O2Se. The van der Waals surface area contributed by atoms with E-state index in [0.717, 1.165) is 30.6 Å². The molecule has 0 saturated heterocycles. The van der Waals surface area contributed by atoms with E-state index in [1.807, 2.05) is 66.7 Å². The van der Waals surface area contributed by atoms with Gasteiger partial charge in [0.2, 0.25) is 0 Å². The number of esters is 1. The Morgan fingerprint density at radius 1 is 0.839 bits per heavy atom. The first-order valence-electron chi connectivity index (χ1n) is 10.7. The molecule has 0 aromatic heterocycles. The van der Waals surface area contributed by atoms with Crippen LogP contribution in [0.3, 0.4) is 0 Å². The van der Waals surface area contributed by atoms with Crippen molar-refractivity contribution in [1.82, 2.24) is 0 Å². The van der Waals surface area contributed by atoms with Gasteiger partial charge in [0, 0.05) is 0 Å². The zero-order chi connectivity index (χ0) is 21.3. The van der Waals surface area contributed by atoms with Gasteiger partial charge in [0.25, 0.3) is 0 Å². The van der Waals surface area contributed by atoms with Crippen molar-refractivity contribution in [2.45, 2.75) is 36.6 Å². The molecule has 0 N–H and O–H groups in total. The Labute approximate surface area is 190 Å². The molecule has 0 radical (unpaired) electrons. The summed E-state index contributed by atoms with van der Waals surface area (Å²) < 4.78 is 7.26. The van der Waals surface area contributed by atoms with Gasteiger partial charge in [0.15, 0.2) is 0 Å². The standard InChI is InChI=1S/C26H26N2O2Se/c29-26(30-24-18-10-11-19-25(24)31-23-16-8-3-9-17-23)20-27-28(21-12-4-1-5-13-21)22-14-6-2-7-15-22/h1-9,12-17,20,24-25H,10-11,18-19H2/b27-20+/t24-,25-/m1/s1. The van der Waals surface area contributed by atoms with Crippen LogP contribution in [0.2, 0.25) is 4.82 Å². The summed E-state index contributed by atoms with van der Waals surface area (Å²) in [6.07, 6.45) is 5.63. The summed E-state index contributed by atoms with van der Waals surface area (Å²) >= 11 is 0.296. The van der Waals surface area contributed by atoms with E-state index in [-0.39, 0.29) is 12.1 Å². The van der Waals surface area contributed by atoms with Crippen molar-refractivity contribution >= 4 is 43.0 Å². The molecule has 158 valence electrons. The zero-order valence-corrected chi connectivity index (χ0v) is 19.1. The van der Waals surface area contributed by atoms with Gasteiger partial charge in [0.1, 0.15) is 0 Å². The first-order chi connectivity index (χ1) is 15.3. The molecule has 3 aromatic rings. The molecule has 0 aliphatic heterocycles. The number of rotatable bonds is 7. The van der Waals surface area contributed by atoms with Crippen LogP contribution in [0.1, 0.15) is 25.7 Å². The third kappa shape index (κ3) is 6.06. The van der Waals surface area contributed by atoms with E-state index in [0.29, 0.717) is 19.8 Å². The van der Waals surface area contributed by atoms with Crippen LogP contribution in [-0.2, 0) is 9.53 Å². The first kappa shape index (κ1) is 21.4. The molecule has 5 heteroatoms. The average Bonchev–Trinajstić information content (AvgIpc) is 2.83. The molecule has 1 fully saturated rings. The van der Waals surface area contributed by atoms with Crippen LogP contribution in [0.25, 0.3) is 0 Å². The van der Waals surface area contributed by atoms with E-state index in [2.05, 4.69) is 29.4 Å². The molecule has 4 rings (SSSR count). The monoisotopic (exact) mass is 478 g/mol. The topological polar surface area (TPSA) is 41.9 Å². The SMILES string of the molecule is O=C(/C=N/N(c1ccccc1)c1ccccc1)O[C@@H]1CCCC[C@H]1[Se]c1ccccc1. The van der Waals surface area contributed by atoms with Crippen molar-refractivity contribution in [3.63, 3.8) is 0 Å². The second-order valence-electron chi connectivity index (χ2n) is 7.46. The van der Waals surface area contributed by atoms with Gasteiger partial charge in [-0.1, -0.05) is 0 Å². The predicted molar refractivity (Wildman–Crippen MR) is 127 cm³/mol. The number of carbonyl (C=O) groups is 1. The molecule has 2 atom stereocenters. The van der Waals surface area contributed by atoms with E-state index in [1.54, 1.807) is 5.01 Å². The molecule has 0 bridgehead atoms. The van der Waals surface area contributed by atoms with Crippen molar-refractivity contribution < 1.29 is 9.53 Å². The Morgan fingerprint density at radius 2 is 1.39 bits per heavy atom. The minimum atomic E-state index is -0.377. The number of anilines is 2. The fourth-order valence-electron chi connectivity index (χ4n) is 3.71. The summed E-state index contributed by atoms with van der Waals surface area (Å²) in [6.45, 7) is 0. The number of hydrogen-bond acceptors (Lipinski definition) is 4. The Hall–Kier alpha value is -2.88. The van der Waals surface area contributed by atoms with Gasteiger partial charge in [-0.25, -0.2) is 0 Å². The van der Waals surface area contributed by atoms with E-state index >= 15 is 0 Å². The summed E-state index contributed by atoms with van der Waals surface area (Å²) in [4.78, 5) is 13.1. The number of carbonyl (C=O) groups excluding carboxylic acids is 1. The quantitative estimate of drug-likeness (QED) is 0.206. The third-order valence-electron chi connectivity index (χ3n) is 5.22. The Kier molecular flexibility index (Phi) is 7.54. The number of hydrogen-bond donors (Lipinski definition) is 0. The van der Waals surface area contributed by atoms with Gasteiger partial charge in [-0.3, -0.25) is 0 Å². The van der Waals surface area contributed by atoms with Gasteiger partial charge in [-0.05, 0) is 0 Å². The molecule has 0 amide bonds. The molecule has 0 spiro atoms. The summed E-state index contributed by atoms with van der Waals surface area (Å²) in [5, 5.41) is 6.24. The van der Waals surface area contributed by atoms with Crippen molar-refractivity contribution in [3.8, 4) is 0 Å². The second-order valence-corrected chi connectivity index (χ2v) is 10.2. The molecule has 1 saturated carbocycles. The average molecular weight is 477 g/mol. The van der Waals surface area contributed by atoms with Crippen LogP contribution >= 0.6 is 0 Å². The molecular weight excluding hydrogens is 451 g/mol. The van der Waals surface area contributed by atoms with Crippen molar-refractivity contribution in [2.75, 3.05) is 5.01 Å². The normalized spacial score (nSPS) is 18.6. The minimum absolute atomic E-state index is 0.0326. The Bertz CT molecular complexity index is 941. The van der Waals surface area contributed by atoms with Crippen LogP contribution in [0.4, 0.5) is 11.4 Å². The van der Waals surface area contributed by atoms with Crippen LogP contribution in [-0.4, -0.2) is 33.2 Å². The van der Waals surface area contributed by atoms with E-state index < -0.39 is 0 Å². The zero-order valence-electron chi connectivity index (χ0n) is 17.3. The number of hydrazone groups is 1. The van der Waals surface area contributed by atoms with Gasteiger partial charge >= 0.3 is 190 Å². The molecule has 31 heavy (non-hydrogen) atoms. The number of ether oxygens (including phenoxy) is 1. The molecule has 1 aliphatic carbocycles. The second kappa shape index (κ2) is 10.9. The Balaban J connectivity index is 1.45. The maximum atomic E-state index is 12.7. The number of benzene rings is 3. The molecule has 4 nitrogen and oxygen atoms in total. The summed E-state index contributed by atoms with van der Waals surface area (Å²) in [5.74, 6) is -0.377. The van der Waals surface area contributed by atoms with Gasteiger partial charge < -0.3 is 0 Å². The van der Waals surface area contributed by atoms with Crippen molar-refractivity contribution in [3.05, 3.63) is 91.0 Å². The van der Waals surface area contributed by atoms with E-state index in [9.17, 15) is 4.79 Å². The summed E-state index contributed by atoms with van der Waals surface area (Å²) in [5.41, 5.74) is 1.78. The van der Waals surface area contributed by atoms with Crippen molar-refractivity contribution in [2.24, 2.45) is 5.10 Å². The van der Waals surface area contributed by atoms with Crippen LogP contribution < -0.4 is 9.47 Å². The van der Waals surface area contributed by atoms with Crippen LogP contribution in [0.15, 0.2) is 96.1 Å².